The van der Waals surface area contributed by atoms with Crippen LogP contribution in [0.4, 0.5) is 5.13 Å². The van der Waals surface area contributed by atoms with Gasteiger partial charge in [-0.15, -0.1) is 0 Å². The lowest BCUT2D eigenvalue weighted by molar-refractivity contribution is -0.118. The van der Waals surface area contributed by atoms with E-state index in [0.717, 1.165) is 16.0 Å². The number of anilines is 1. The average molecular weight is 485 g/mol. The summed E-state index contributed by atoms with van der Waals surface area (Å²) in [6, 6.07) is 15.7. The molecule has 0 aliphatic rings. The highest BCUT2D eigenvalue weighted by molar-refractivity contribution is 7.91. The topological polar surface area (TPSA) is 94.4 Å². The molecule has 4 rings (SSSR count). The smallest absolute Gasteiger partial charge is 0.228 e. The number of benzene rings is 2. The second kappa shape index (κ2) is 10.1. The number of sulfone groups is 1. The fraction of sp³-hybridized carbons (Fsp3) is 0.261. The van der Waals surface area contributed by atoms with Gasteiger partial charge in [0.25, 0.3) is 0 Å². The van der Waals surface area contributed by atoms with E-state index in [0.29, 0.717) is 18.2 Å². The summed E-state index contributed by atoms with van der Waals surface area (Å²) in [4.78, 5) is 19.7. The lowest BCUT2D eigenvalue weighted by Gasteiger charge is -2.20. The van der Waals surface area contributed by atoms with Gasteiger partial charge in [-0.1, -0.05) is 29.5 Å². The number of thiazole rings is 1. The van der Waals surface area contributed by atoms with E-state index in [2.05, 4.69) is 10.1 Å². The summed E-state index contributed by atoms with van der Waals surface area (Å²) >= 11 is 1.40. The maximum absolute atomic E-state index is 13.2. The molecule has 172 valence electrons. The summed E-state index contributed by atoms with van der Waals surface area (Å²) in [5, 5.41) is 4.77. The monoisotopic (exact) mass is 484 g/mol. The van der Waals surface area contributed by atoms with Crippen molar-refractivity contribution in [3.05, 3.63) is 67.0 Å². The molecule has 0 fully saturated rings. The molecule has 0 aliphatic carbocycles. The van der Waals surface area contributed by atoms with Crippen molar-refractivity contribution in [2.24, 2.45) is 0 Å². The summed E-state index contributed by atoms with van der Waals surface area (Å²) in [5.74, 6) is 0.460. The molecule has 0 spiro atoms. The van der Waals surface area contributed by atoms with Gasteiger partial charge in [-0.2, -0.15) is 5.10 Å². The second-order valence-electron chi connectivity index (χ2n) is 7.38. The Labute approximate surface area is 196 Å². The lowest BCUT2D eigenvalue weighted by Crippen LogP contribution is -2.34. The number of hydrogen-bond donors (Lipinski definition) is 0. The van der Waals surface area contributed by atoms with Crippen LogP contribution in [0.2, 0.25) is 0 Å². The number of nitrogens with zero attached hydrogens (tertiary/aromatic N) is 4. The molecule has 2 heterocycles. The predicted octanol–water partition coefficient (Wildman–Crippen LogP) is 3.79. The van der Waals surface area contributed by atoms with Gasteiger partial charge in [0.15, 0.2) is 15.0 Å². The van der Waals surface area contributed by atoms with Gasteiger partial charge in [-0.25, -0.2) is 13.4 Å². The Bertz CT molecular complexity index is 1320. The number of ether oxygens (including phenoxy) is 1. The molecule has 33 heavy (non-hydrogen) atoms. The van der Waals surface area contributed by atoms with E-state index in [1.165, 1.54) is 11.3 Å². The molecular weight excluding hydrogens is 460 g/mol. The summed E-state index contributed by atoms with van der Waals surface area (Å²) in [5.41, 5.74) is 0.777. The van der Waals surface area contributed by atoms with Crippen molar-refractivity contribution in [3.63, 3.8) is 0 Å². The fourth-order valence-corrected chi connectivity index (χ4v) is 5.76. The van der Waals surface area contributed by atoms with Crippen molar-refractivity contribution >= 4 is 42.4 Å². The number of aromatic nitrogens is 3. The van der Waals surface area contributed by atoms with E-state index in [-0.39, 0.29) is 29.4 Å². The first-order valence-electron chi connectivity index (χ1n) is 10.5. The van der Waals surface area contributed by atoms with Gasteiger partial charge in [0.1, 0.15) is 5.75 Å². The summed E-state index contributed by atoms with van der Waals surface area (Å²) in [6.07, 6.45) is 3.85. The van der Waals surface area contributed by atoms with Crippen molar-refractivity contribution in [2.45, 2.75) is 24.3 Å². The van der Waals surface area contributed by atoms with Crippen LogP contribution in [-0.4, -0.2) is 48.5 Å². The van der Waals surface area contributed by atoms with Crippen LogP contribution < -0.4 is 9.64 Å². The van der Waals surface area contributed by atoms with Crippen LogP contribution in [0.15, 0.2) is 71.9 Å². The fourth-order valence-electron chi connectivity index (χ4n) is 3.39. The highest BCUT2D eigenvalue weighted by Crippen LogP contribution is 2.32. The molecule has 0 saturated heterocycles. The van der Waals surface area contributed by atoms with E-state index < -0.39 is 9.84 Å². The zero-order chi connectivity index (χ0) is 23.3. The van der Waals surface area contributed by atoms with E-state index >= 15 is 0 Å². The van der Waals surface area contributed by atoms with Crippen LogP contribution in [-0.2, 0) is 21.2 Å². The van der Waals surface area contributed by atoms with E-state index in [4.69, 9.17) is 4.74 Å². The zero-order valence-corrected chi connectivity index (χ0v) is 19.8. The number of carbonyl (C=O) groups excluding carboxylic acids is 1. The first-order chi connectivity index (χ1) is 16.0. The van der Waals surface area contributed by atoms with E-state index in [9.17, 15) is 13.2 Å². The largest absolute Gasteiger partial charge is 0.497 e. The van der Waals surface area contributed by atoms with Crippen molar-refractivity contribution in [1.82, 2.24) is 14.8 Å². The van der Waals surface area contributed by atoms with Crippen molar-refractivity contribution in [1.29, 1.82) is 0 Å². The third kappa shape index (κ3) is 5.58. The molecule has 2 aromatic heterocycles. The molecule has 0 N–H and O–H groups in total. The minimum absolute atomic E-state index is 0.0905. The van der Waals surface area contributed by atoms with Crippen LogP contribution in [0.3, 0.4) is 0 Å². The molecule has 0 unspecified atom stereocenters. The molecule has 0 radical (unpaired) electrons. The minimum Gasteiger partial charge on any atom is -0.497 e. The van der Waals surface area contributed by atoms with Gasteiger partial charge < -0.3 is 4.74 Å². The highest BCUT2D eigenvalue weighted by atomic mass is 32.2. The third-order valence-corrected chi connectivity index (χ3v) is 7.99. The third-order valence-electron chi connectivity index (χ3n) is 5.13. The minimum atomic E-state index is -3.43. The maximum Gasteiger partial charge on any atom is 0.228 e. The Morgan fingerprint density at radius 1 is 1.15 bits per heavy atom. The number of fused-ring (bicyclic) bond motifs is 1. The molecule has 0 saturated carbocycles. The Morgan fingerprint density at radius 2 is 1.97 bits per heavy atom. The van der Waals surface area contributed by atoms with Gasteiger partial charge in [-0.3, -0.25) is 14.4 Å². The highest BCUT2D eigenvalue weighted by Gasteiger charge is 2.21. The predicted molar refractivity (Wildman–Crippen MR) is 128 cm³/mol. The Balaban J connectivity index is 1.49. The first-order valence-corrected chi connectivity index (χ1v) is 12.9. The summed E-state index contributed by atoms with van der Waals surface area (Å²) in [7, 11) is -1.83. The standard InChI is InChI=1S/C23H24N4O4S2/c1-31-18-10-11-20-21(17-18)32-23(25-20)27(15-14-26-13-6-12-24-26)22(28)9-5-16-33(29,30)19-7-3-2-4-8-19/h2-4,6-8,10-13,17H,5,9,14-16H2,1H3. The first kappa shape index (κ1) is 22.9. The van der Waals surface area contributed by atoms with Gasteiger partial charge in [0, 0.05) is 25.4 Å². The normalized spacial score (nSPS) is 11.5. The Morgan fingerprint density at radius 3 is 2.70 bits per heavy atom. The van der Waals surface area contributed by atoms with Gasteiger partial charge in [-0.05, 0) is 42.8 Å². The quantitative estimate of drug-likeness (QED) is 0.340. The molecule has 0 bridgehead atoms. The Kier molecular flexibility index (Phi) is 7.05. The van der Waals surface area contributed by atoms with Crippen LogP contribution in [0.1, 0.15) is 12.8 Å². The van der Waals surface area contributed by atoms with Crippen molar-refractivity contribution < 1.29 is 17.9 Å². The number of hydrogen-bond acceptors (Lipinski definition) is 7. The number of carbonyl (C=O) groups is 1. The second-order valence-corrected chi connectivity index (χ2v) is 10.5. The van der Waals surface area contributed by atoms with Gasteiger partial charge in [0.2, 0.25) is 5.91 Å². The summed E-state index contributed by atoms with van der Waals surface area (Å²) < 4.78 is 33.1. The molecule has 0 aliphatic heterocycles. The molecule has 2 aromatic carbocycles. The number of amides is 1. The lowest BCUT2D eigenvalue weighted by atomic mass is 10.3. The Hall–Kier alpha value is -3.24. The summed E-state index contributed by atoms with van der Waals surface area (Å²) in [6.45, 7) is 0.878. The SMILES string of the molecule is COc1ccc2nc(N(CCn3cccn3)C(=O)CCCS(=O)(=O)c3ccccc3)sc2c1. The van der Waals surface area contributed by atoms with E-state index in [1.807, 2.05) is 30.5 Å². The molecule has 10 heteroatoms. The molecule has 1 amide bonds. The van der Waals surface area contributed by atoms with Crippen molar-refractivity contribution in [2.75, 3.05) is 24.3 Å². The van der Waals surface area contributed by atoms with Crippen LogP contribution in [0.25, 0.3) is 10.2 Å². The van der Waals surface area contributed by atoms with Crippen LogP contribution >= 0.6 is 11.3 Å². The van der Waals surface area contributed by atoms with Gasteiger partial charge >= 0.3 is 0 Å². The number of rotatable bonds is 10. The van der Waals surface area contributed by atoms with Gasteiger partial charge in [0.05, 0.1) is 34.5 Å². The van der Waals surface area contributed by atoms with Crippen molar-refractivity contribution in [3.8, 4) is 5.75 Å². The maximum atomic E-state index is 13.2. The molecular formula is C23H24N4O4S2. The molecule has 0 atom stereocenters. The molecule has 8 nitrogen and oxygen atoms in total. The van der Waals surface area contributed by atoms with Crippen LogP contribution in [0.5, 0.6) is 5.75 Å². The average Bonchev–Trinajstić information content (AvgIpc) is 3.49. The zero-order valence-electron chi connectivity index (χ0n) is 18.1. The number of methoxy groups -OCH3 is 1. The molecule has 4 aromatic rings. The van der Waals surface area contributed by atoms with Crippen LogP contribution in [0, 0.1) is 0 Å². The van der Waals surface area contributed by atoms with E-state index in [1.54, 1.807) is 53.2 Å².